The van der Waals surface area contributed by atoms with Crippen molar-refractivity contribution in [2.75, 3.05) is 52.4 Å². The number of aromatic nitrogens is 1. The Hall–Kier alpha value is -2.97. The summed E-state index contributed by atoms with van der Waals surface area (Å²) in [5, 5.41) is 1.67. The van der Waals surface area contributed by atoms with Crippen LogP contribution in [0, 0.1) is 0 Å². The van der Waals surface area contributed by atoms with Crippen molar-refractivity contribution < 1.29 is 19.0 Å². The molecule has 168 valence electrons. The van der Waals surface area contributed by atoms with E-state index in [1.54, 1.807) is 44.8 Å². The topological polar surface area (TPSA) is 64.1 Å². The summed E-state index contributed by atoms with van der Waals surface area (Å²) in [4.78, 5) is 21.5. The van der Waals surface area contributed by atoms with Crippen LogP contribution in [0.15, 0.2) is 36.4 Å². The molecule has 0 radical (unpaired) electrons. The summed E-state index contributed by atoms with van der Waals surface area (Å²) >= 11 is 7.71. The van der Waals surface area contributed by atoms with E-state index in [1.165, 1.54) is 0 Å². The number of anilines is 1. The van der Waals surface area contributed by atoms with Gasteiger partial charge in [0.15, 0.2) is 16.6 Å². The zero-order chi connectivity index (χ0) is 22.7. The average molecular weight is 474 g/mol. The molecule has 1 aromatic heterocycles. The van der Waals surface area contributed by atoms with Crippen LogP contribution in [-0.2, 0) is 4.79 Å². The highest BCUT2D eigenvalue weighted by Crippen LogP contribution is 2.38. The lowest BCUT2D eigenvalue weighted by Gasteiger charge is -2.34. The van der Waals surface area contributed by atoms with Crippen molar-refractivity contribution in [2.45, 2.75) is 0 Å². The molecule has 1 amide bonds. The highest BCUT2D eigenvalue weighted by molar-refractivity contribution is 7.22. The van der Waals surface area contributed by atoms with Gasteiger partial charge in [0.05, 0.1) is 31.5 Å². The predicted octanol–water partition coefficient (Wildman–Crippen LogP) is 4.34. The summed E-state index contributed by atoms with van der Waals surface area (Å²) in [6.07, 6.45) is 3.34. The van der Waals surface area contributed by atoms with Gasteiger partial charge < -0.3 is 24.0 Å². The first-order chi connectivity index (χ1) is 15.5. The molecule has 0 atom stereocenters. The summed E-state index contributed by atoms with van der Waals surface area (Å²) in [7, 11) is 4.69. The first-order valence-corrected chi connectivity index (χ1v) is 11.3. The van der Waals surface area contributed by atoms with Crippen LogP contribution in [0.4, 0.5) is 5.13 Å². The summed E-state index contributed by atoms with van der Waals surface area (Å²) in [6, 6.07) is 9.34. The lowest BCUT2D eigenvalue weighted by Crippen LogP contribution is -2.48. The molecule has 0 aliphatic carbocycles. The molecule has 1 aliphatic rings. The normalized spacial score (nSPS) is 14.2. The first kappa shape index (κ1) is 22.2. The molecule has 0 unspecified atom stereocenters. The molecule has 1 saturated heterocycles. The number of carbonyl (C=O) groups is 1. The number of thiazole rings is 1. The molecule has 4 rings (SSSR count). The number of halogens is 1. The van der Waals surface area contributed by atoms with E-state index < -0.39 is 0 Å². The third-order valence-electron chi connectivity index (χ3n) is 5.31. The number of fused-ring (bicyclic) bond motifs is 1. The fourth-order valence-corrected chi connectivity index (χ4v) is 4.90. The third-order valence-corrected chi connectivity index (χ3v) is 6.62. The molecule has 2 aromatic carbocycles. The largest absolute Gasteiger partial charge is 0.493 e. The van der Waals surface area contributed by atoms with Crippen molar-refractivity contribution in [3.05, 3.63) is 47.0 Å². The van der Waals surface area contributed by atoms with Gasteiger partial charge in [-0.05, 0) is 42.0 Å². The van der Waals surface area contributed by atoms with Crippen LogP contribution in [0.1, 0.15) is 5.56 Å². The molecule has 7 nitrogen and oxygen atoms in total. The first-order valence-electron chi connectivity index (χ1n) is 10.1. The van der Waals surface area contributed by atoms with E-state index in [0.29, 0.717) is 35.4 Å². The number of benzene rings is 2. The number of hydrogen-bond acceptors (Lipinski definition) is 7. The Morgan fingerprint density at radius 3 is 2.34 bits per heavy atom. The molecule has 2 heterocycles. The standard InChI is InChI=1S/C23H24ClN3O4S/c1-29-18-12-15(13-19(30-2)22(18)31-3)4-7-21(28)26-8-10-27(11-9-26)23-25-17-6-5-16(24)14-20(17)32-23/h4-7,12-14H,8-11H2,1-3H3/b7-4+. The van der Waals surface area contributed by atoms with Crippen molar-refractivity contribution in [2.24, 2.45) is 0 Å². The fraction of sp³-hybridized carbons (Fsp3) is 0.304. The van der Waals surface area contributed by atoms with Gasteiger partial charge in [0, 0.05) is 37.3 Å². The minimum atomic E-state index is -0.0329. The van der Waals surface area contributed by atoms with Crippen LogP contribution in [0.25, 0.3) is 16.3 Å². The number of piperazine rings is 1. The molecule has 0 saturated carbocycles. The maximum absolute atomic E-state index is 12.7. The Balaban J connectivity index is 1.40. The molecule has 32 heavy (non-hydrogen) atoms. The Kier molecular flexibility index (Phi) is 6.72. The van der Waals surface area contributed by atoms with Crippen LogP contribution in [-0.4, -0.2) is 63.3 Å². The van der Waals surface area contributed by atoms with Gasteiger partial charge in [-0.25, -0.2) is 4.98 Å². The molecular formula is C23H24ClN3O4S. The molecule has 9 heteroatoms. The Bertz CT molecular complexity index is 1130. The Morgan fingerprint density at radius 1 is 1.03 bits per heavy atom. The maximum atomic E-state index is 12.7. The average Bonchev–Trinajstić information content (AvgIpc) is 3.25. The van der Waals surface area contributed by atoms with Crippen LogP contribution < -0.4 is 19.1 Å². The van der Waals surface area contributed by atoms with E-state index in [-0.39, 0.29) is 5.91 Å². The SMILES string of the molecule is COc1cc(/C=C/C(=O)N2CCN(c3nc4ccc(Cl)cc4s3)CC2)cc(OC)c1OC. The van der Waals surface area contributed by atoms with E-state index in [4.69, 9.17) is 30.8 Å². The summed E-state index contributed by atoms with van der Waals surface area (Å²) in [6.45, 7) is 2.73. The van der Waals surface area contributed by atoms with E-state index in [1.807, 2.05) is 35.2 Å². The van der Waals surface area contributed by atoms with Gasteiger partial charge in [-0.15, -0.1) is 0 Å². The van der Waals surface area contributed by atoms with Crippen LogP contribution in [0.2, 0.25) is 5.02 Å². The van der Waals surface area contributed by atoms with Gasteiger partial charge in [0.2, 0.25) is 11.7 Å². The van der Waals surface area contributed by atoms with E-state index >= 15 is 0 Å². The Morgan fingerprint density at radius 2 is 1.72 bits per heavy atom. The quantitative estimate of drug-likeness (QED) is 0.496. The van der Waals surface area contributed by atoms with Gasteiger partial charge in [-0.1, -0.05) is 22.9 Å². The van der Waals surface area contributed by atoms with Crippen LogP contribution in [0.3, 0.4) is 0 Å². The van der Waals surface area contributed by atoms with E-state index in [9.17, 15) is 4.79 Å². The monoisotopic (exact) mass is 473 g/mol. The van der Waals surface area contributed by atoms with Crippen LogP contribution >= 0.6 is 22.9 Å². The molecule has 0 N–H and O–H groups in total. The van der Waals surface area contributed by atoms with Crippen molar-refractivity contribution >= 4 is 50.3 Å². The minimum Gasteiger partial charge on any atom is -0.493 e. The fourth-order valence-electron chi connectivity index (χ4n) is 3.61. The van der Waals surface area contributed by atoms with Gasteiger partial charge in [0.25, 0.3) is 0 Å². The molecule has 0 spiro atoms. The van der Waals surface area contributed by atoms with Crippen molar-refractivity contribution in [3.63, 3.8) is 0 Å². The number of ether oxygens (including phenoxy) is 3. The smallest absolute Gasteiger partial charge is 0.246 e. The third kappa shape index (κ3) is 4.61. The number of nitrogens with zero attached hydrogens (tertiary/aromatic N) is 3. The van der Waals surface area contributed by atoms with Gasteiger partial charge >= 0.3 is 0 Å². The molecule has 3 aromatic rings. The van der Waals surface area contributed by atoms with Gasteiger partial charge in [0.1, 0.15) is 0 Å². The van der Waals surface area contributed by atoms with Crippen molar-refractivity contribution in [1.82, 2.24) is 9.88 Å². The minimum absolute atomic E-state index is 0.0329. The highest BCUT2D eigenvalue weighted by atomic mass is 35.5. The number of carbonyl (C=O) groups excluding carboxylic acids is 1. The lowest BCUT2D eigenvalue weighted by atomic mass is 10.1. The van der Waals surface area contributed by atoms with Crippen molar-refractivity contribution in [1.29, 1.82) is 0 Å². The zero-order valence-electron chi connectivity index (χ0n) is 18.1. The number of amides is 1. The summed E-state index contributed by atoms with van der Waals surface area (Å²) < 4.78 is 17.2. The van der Waals surface area contributed by atoms with E-state index in [2.05, 4.69) is 4.90 Å². The van der Waals surface area contributed by atoms with E-state index in [0.717, 1.165) is 34.0 Å². The molecule has 0 bridgehead atoms. The molecular weight excluding hydrogens is 450 g/mol. The number of rotatable bonds is 6. The second-order valence-electron chi connectivity index (χ2n) is 7.21. The zero-order valence-corrected chi connectivity index (χ0v) is 19.7. The second-order valence-corrected chi connectivity index (χ2v) is 8.66. The number of methoxy groups -OCH3 is 3. The predicted molar refractivity (Wildman–Crippen MR) is 129 cm³/mol. The molecule has 1 aliphatic heterocycles. The number of hydrogen-bond donors (Lipinski definition) is 0. The van der Waals surface area contributed by atoms with Crippen molar-refractivity contribution in [3.8, 4) is 17.2 Å². The summed E-state index contributed by atoms with van der Waals surface area (Å²) in [5.74, 6) is 1.58. The second kappa shape index (κ2) is 9.67. The van der Waals surface area contributed by atoms with Gasteiger partial charge in [-0.3, -0.25) is 4.79 Å². The molecule has 1 fully saturated rings. The summed E-state index contributed by atoms with van der Waals surface area (Å²) in [5.41, 5.74) is 1.74. The Labute approximate surface area is 195 Å². The van der Waals surface area contributed by atoms with Crippen LogP contribution in [0.5, 0.6) is 17.2 Å². The lowest BCUT2D eigenvalue weighted by molar-refractivity contribution is -0.126. The van der Waals surface area contributed by atoms with Gasteiger partial charge in [-0.2, -0.15) is 0 Å². The maximum Gasteiger partial charge on any atom is 0.246 e. The highest BCUT2D eigenvalue weighted by Gasteiger charge is 2.22.